The Hall–Kier alpha value is -1.93. The zero-order valence-corrected chi connectivity index (χ0v) is 17.0. The average Bonchev–Trinajstić information content (AvgIpc) is 2.63. The molecule has 1 nitrogen and oxygen atoms in total. The summed E-state index contributed by atoms with van der Waals surface area (Å²) in [5.74, 6) is -0.272. The molecule has 0 radical (unpaired) electrons. The second kappa shape index (κ2) is 7.59. The van der Waals surface area contributed by atoms with Gasteiger partial charge in [0.15, 0.2) is 0 Å². The van der Waals surface area contributed by atoms with Crippen molar-refractivity contribution in [1.82, 2.24) is 0 Å². The van der Waals surface area contributed by atoms with E-state index in [4.69, 9.17) is 0 Å². The van der Waals surface area contributed by atoms with Crippen LogP contribution in [0, 0.1) is 5.82 Å². The summed E-state index contributed by atoms with van der Waals surface area (Å²) >= 11 is 0. The second-order valence-corrected chi connectivity index (χ2v) is 9.08. The lowest BCUT2D eigenvalue weighted by molar-refractivity contribution is 0.331. The van der Waals surface area contributed by atoms with E-state index in [0.717, 1.165) is 24.0 Å². The number of aliphatic hydroxyl groups is 1. The van der Waals surface area contributed by atoms with Gasteiger partial charge in [-0.1, -0.05) is 64.1 Å². The van der Waals surface area contributed by atoms with Crippen molar-refractivity contribution in [1.29, 1.82) is 0 Å². The van der Waals surface area contributed by atoms with Gasteiger partial charge in [-0.15, -0.1) is 0 Å². The van der Waals surface area contributed by atoms with Crippen molar-refractivity contribution >= 4 is 5.57 Å². The summed E-state index contributed by atoms with van der Waals surface area (Å²) in [6.45, 7) is 9.30. The molecule has 0 aliphatic heterocycles. The number of aryl methyl sites for hydroxylation is 1. The van der Waals surface area contributed by atoms with Gasteiger partial charge in [0.1, 0.15) is 5.82 Å². The Morgan fingerprint density at radius 2 is 1.70 bits per heavy atom. The van der Waals surface area contributed by atoms with Gasteiger partial charge in [-0.25, -0.2) is 4.39 Å². The molecular formula is C25H31FO. The fourth-order valence-electron chi connectivity index (χ4n) is 4.17. The molecule has 1 N–H and O–H groups in total. The molecule has 0 fully saturated rings. The molecule has 0 aromatic heterocycles. The van der Waals surface area contributed by atoms with Gasteiger partial charge in [0.2, 0.25) is 0 Å². The standard InChI is InChI=1S/C25H31FO/c1-24(2)13-14-25(3,4)23-15-18(11-12-22(23)24)7-5-9-20(17-27)19-8-6-10-21(26)16-19/h6,8-12,15-16,27H,5,7,13-14,17H2,1-4H3. The van der Waals surface area contributed by atoms with E-state index in [1.165, 1.54) is 41.7 Å². The van der Waals surface area contributed by atoms with Crippen LogP contribution in [0.25, 0.3) is 5.57 Å². The van der Waals surface area contributed by atoms with Crippen LogP contribution in [0.1, 0.15) is 69.2 Å². The number of hydrogen-bond donors (Lipinski definition) is 1. The zero-order chi connectivity index (χ0) is 19.7. The van der Waals surface area contributed by atoms with E-state index >= 15 is 0 Å². The maximum absolute atomic E-state index is 13.4. The lowest BCUT2D eigenvalue weighted by atomic mass is 9.63. The van der Waals surface area contributed by atoms with Gasteiger partial charge in [0.25, 0.3) is 0 Å². The van der Waals surface area contributed by atoms with Gasteiger partial charge in [0.05, 0.1) is 6.61 Å². The lowest BCUT2D eigenvalue weighted by Gasteiger charge is -2.42. The summed E-state index contributed by atoms with van der Waals surface area (Å²) in [7, 11) is 0. The molecular weight excluding hydrogens is 335 g/mol. The highest BCUT2D eigenvalue weighted by molar-refractivity contribution is 5.66. The van der Waals surface area contributed by atoms with Crippen molar-refractivity contribution in [2.45, 2.75) is 64.2 Å². The largest absolute Gasteiger partial charge is 0.392 e. The van der Waals surface area contributed by atoms with Crippen LogP contribution in [-0.4, -0.2) is 11.7 Å². The molecule has 1 aliphatic rings. The predicted molar refractivity (Wildman–Crippen MR) is 112 cm³/mol. The number of halogens is 1. The van der Waals surface area contributed by atoms with Gasteiger partial charge in [-0.05, 0) is 76.5 Å². The van der Waals surface area contributed by atoms with Crippen LogP contribution >= 0.6 is 0 Å². The molecule has 0 spiro atoms. The van der Waals surface area contributed by atoms with Crippen molar-refractivity contribution in [3.63, 3.8) is 0 Å². The molecule has 0 saturated carbocycles. The topological polar surface area (TPSA) is 20.2 Å². The first-order valence-electron chi connectivity index (χ1n) is 9.93. The van der Waals surface area contributed by atoms with Crippen molar-refractivity contribution < 1.29 is 9.50 Å². The second-order valence-electron chi connectivity index (χ2n) is 9.08. The Morgan fingerprint density at radius 1 is 1.00 bits per heavy atom. The minimum Gasteiger partial charge on any atom is -0.392 e. The first-order valence-corrected chi connectivity index (χ1v) is 9.93. The first kappa shape index (κ1) is 19.8. The predicted octanol–water partition coefficient (Wildman–Crippen LogP) is 6.18. The highest BCUT2D eigenvalue weighted by atomic mass is 19.1. The van der Waals surface area contributed by atoms with Crippen molar-refractivity contribution in [3.8, 4) is 0 Å². The van der Waals surface area contributed by atoms with Crippen LogP contribution in [-0.2, 0) is 17.3 Å². The van der Waals surface area contributed by atoms with E-state index in [1.54, 1.807) is 6.07 Å². The van der Waals surface area contributed by atoms with Crippen molar-refractivity contribution in [3.05, 3.63) is 76.6 Å². The van der Waals surface area contributed by atoms with Crippen LogP contribution < -0.4 is 0 Å². The summed E-state index contributed by atoms with van der Waals surface area (Å²) < 4.78 is 13.4. The molecule has 0 amide bonds. The van der Waals surface area contributed by atoms with Crippen molar-refractivity contribution in [2.24, 2.45) is 0 Å². The number of hydrogen-bond acceptors (Lipinski definition) is 1. The number of benzene rings is 2. The molecule has 2 heteroatoms. The molecule has 144 valence electrons. The summed E-state index contributed by atoms with van der Waals surface area (Å²) in [6, 6.07) is 13.4. The summed E-state index contributed by atoms with van der Waals surface area (Å²) in [4.78, 5) is 0. The Labute approximate surface area is 162 Å². The third kappa shape index (κ3) is 4.32. The molecule has 0 unspecified atom stereocenters. The van der Waals surface area contributed by atoms with Gasteiger partial charge in [-0.2, -0.15) is 0 Å². The molecule has 2 aromatic carbocycles. The molecule has 0 saturated heterocycles. The maximum atomic E-state index is 13.4. The maximum Gasteiger partial charge on any atom is 0.123 e. The van der Waals surface area contributed by atoms with E-state index in [0.29, 0.717) is 0 Å². The molecule has 27 heavy (non-hydrogen) atoms. The zero-order valence-electron chi connectivity index (χ0n) is 17.0. The highest BCUT2D eigenvalue weighted by Crippen LogP contribution is 2.45. The summed E-state index contributed by atoms with van der Waals surface area (Å²) in [5, 5.41) is 9.66. The van der Waals surface area contributed by atoms with Gasteiger partial charge in [0, 0.05) is 0 Å². The van der Waals surface area contributed by atoms with E-state index in [2.05, 4.69) is 45.9 Å². The Balaban J connectivity index is 1.79. The summed E-state index contributed by atoms with van der Waals surface area (Å²) in [6.07, 6.45) is 6.22. The molecule has 0 atom stereocenters. The number of fused-ring (bicyclic) bond motifs is 1. The Bertz CT molecular complexity index is 845. The highest BCUT2D eigenvalue weighted by Gasteiger charge is 2.36. The number of allylic oxidation sites excluding steroid dienone is 1. The minimum atomic E-state index is -0.272. The van der Waals surface area contributed by atoms with Crippen LogP contribution in [0.5, 0.6) is 0 Å². The quantitative estimate of drug-likeness (QED) is 0.669. The van der Waals surface area contributed by atoms with E-state index in [9.17, 15) is 9.50 Å². The SMILES string of the molecule is CC1(C)CCC(C)(C)c2cc(CCC=C(CO)c3cccc(F)c3)ccc21. The van der Waals surface area contributed by atoms with Crippen molar-refractivity contribution in [2.75, 3.05) is 6.61 Å². The summed E-state index contributed by atoms with van der Waals surface area (Å²) in [5.41, 5.74) is 6.29. The third-order valence-corrected chi connectivity index (χ3v) is 6.11. The third-order valence-electron chi connectivity index (χ3n) is 6.11. The minimum absolute atomic E-state index is 0.0745. The van der Waals surface area contributed by atoms with E-state index in [1.807, 2.05) is 12.1 Å². The first-order chi connectivity index (χ1) is 12.7. The van der Waals surface area contributed by atoms with E-state index < -0.39 is 0 Å². The molecule has 0 bridgehead atoms. The number of aliphatic hydroxyl groups excluding tert-OH is 1. The normalized spacial score (nSPS) is 18.2. The van der Waals surface area contributed by atoms with Crippen LogP contribution in [0.3, 0.4) is 0 Å². The van der Waals surface area contributed by atoms with E-state index in [-0.39, 0.29) is 23.3 Å². The fraction of sp³-hybridized carbons (Fsp3) is 0.440. The van der Waals surface area contributed by atoms with Crippen LogP contribution in [0.4, 0.5) is 4.39 Å². The van der Waals surface area contributed by atoms with Crippen LogP contribution in [0.15, 0.2) is 48.5 Å². The Morgan fingerprint density at radius 3 is 2.37 bits per heavy atom. The molecule has 1 aliphatic carbocycles. The molecule has 3 rings (SSSR count). The molecule has 0 heterocycles. The Kier molecular flexibility index (Phi) is 5.58. The number of rotatable bonds is 5. The van der Waals surface area contributed by atoms with Gasteiger partial charge >= 0.3 is 0 Å². The monoisotopic (exact) mass is 366 g/mol. The van der Waals surface area contributed by atoms with Gasteiger partial charge in [-0.3, -0.25) is 0 Å². The molecule has 2 aromatic rings. The average molecular weight is 367 g/mol. The fourth-order valence-corrected chi connectivity index (χ4v) is 4.17. The lowest BCUT2D eigenvalue weighted by Crippen LogP contribution is -2.33. The van der Waals surface area contributed by atoms with Gasteiger partial charge < -0.3 is 5.11 Å². The van der Waals surface area contributed by atoms with Crippen LogP contribution in [0.2, 0.25) is 0 Å². The smallest absolute Gasteiger partial charge is 0.123 e.